The lowest BCUT2D eigenvalue weighted by atomic mass is 10.1. The van der Waals surface area contributed by atoms with Gasteiger partial charge in [0.25, 0.3) is 0 Å². The van der Waals surface area contributed by atoms with Crippen molar-refractivity contribution >= 4 is 51.0 Å². The zero-order valence-corrected chi connectivity index (χ0v) is 12.0. The smallest absolute Gasteiger partial charge is 0.0640 e. The molecule has 0 aliphatic heterocycles. The van der Waals surface area contributed by atoms with E-state index in [0.29, 0.717) is 15.7 Å². The number of hydrogen-bond donors (Lipinski definition) is 2. The van der Waals surface area contributed by atoms with Crippen LogP contribution in [0.25, 0.3) is 10.8 Å². The summed E-state index contributed by atoms with van der Waals surface area (Å²) in [6, 6.07) is 17.1. The standard InChI is InChI=1S/C16H12Cl2N2/c17-10-5-6-11-12(9-10)14(19)7-8-15(11)20-16-4-2-1-3-13(16)18/h1-9,20H,19H2. The molecule has 20 heavy (non-hydrogen) atoms. The van der Waals surface area contributed by atoms with E-state index in [1.165, 1.54) is 0 Å². The summed E-state index contributed by atoms with van der Waals surface area (Å²) in [5.74, 6) is 0. The largest absolute Gasteiger partial charge is 0.398 e. The molecule has 4 heteroatoms. The molecule has 3 aromatic carbocycles. The number of anilines is 3. The molecule has 3 N–H and O–H groups in total. The topological polar surface area (TPSA) is 38.0 Å². The van der Waals surface area contributed by atoms with Gasteiger partial charge < -0.3 is 11.1 Å². The van der Waals surface area contributed by atoms with Gasteiger partial charge in [-0.25, -0.2) is 0 Å². The molecule has 0 amide bonds. The number of para-hydroxylation sites is 1. The summed E-state index contributed by atoms with van der Waals surface area (Å²) < 4.78 is 0. The van der Waals surface area contributed by atoms with E-state index >= 15 is 0 Å². The third kappa shape index (κ3) is 2.40. The predicted molar refractivity (Wildman–Crippen MR) is 88.1 cm³/mol. The summed E-state index contributed by atoms with van der Waals surface area (Å²) in [6.45, 7) is 0. The van der Waals surface area contributed by atoms with E-state index in [0.717, 1.165) is 22.1 Å². The van der Waals surface area contributed by atoms with Crippen LogP contribution in [0.5, 0.6) is 0 Å². The van der Waals surface area contributed by atoms with Gasteiger partial charge in [0, 0.05) is 27.2 Å². The molecule has 0 bridgehead atoms. The van der Waals surface area contributed by atoms with Gasteiger partial charge in [0.15, 0.2) is 0 Å². The molecule has 0 aliphatic carbocycles. The first-order valence-corrected chi connectivity index (χ1v) is 6.90. The van der Waals surface area contributed by atoms with Crippen LogP contribution in [0.15, 0.2) is 54.6 Å². The highest BCUT2D eigenvalue weighted by molar-refractivity contribution is 6.33. The highest BCUT2D eigenvalue weighted by Gasteiger charge is 2.06. The van der Waals surface area contributed by atoms with Crippen LogP contribution in [0.1, 0.15) is 0 Å². The minimum atomic E-state index is 0.666. The molecule has 3 aromatic rings. The van der Waals surface area contributed by atoms with Crippen LogP contribution < -0.4 is 11.1 Å². The van der Waals surface area contributed by atoms with Crippen molar-refractivity contribution in [3.63, 3.8) is 0 Å². The number of halogens is 2. The highest BCUT2D eigenvalue weighted by Crippen LogP contribution is 2.33. The first-order valence-electron chi connectivity index (χ1n) is 6.14. The lowest BCUT2D eigenvalue weighted by Gasteiger charge is -2.12. The Kier molecular flexibility index (Phi) is 3.43. The van der Waals surface area contributed by atoms with Gasteiger partial charge in [-0.2, -0.15) is 0 Å². The predicted octanol–water partition coefficient (Wildman–Crippen LogP) is 5.47. The lowest BCUT2D eigenvalue weighted by molar-refractivity contribution is 1.57. The van der Waals surface area contributed by atoms with E-state index in [4.69, 9.17) is 28.9 Å². The Morgan fingerprint density at radius 1 is 0.800 bits per heavy atom. The van der Waals surface area contributed by atoms with E-state index in [1.54, 1.807) is 0 Å². The fourth-order valence-corrected chi connectivity index (χ4v) is 2.51. The molecule has 0 unspecified atom stereocenters. The fourth-order valence-electron chi connectivity index (χ4n) is 2.16. The van der Waals surface area contributed by atoms with Gasteiger partial charge in [0.05, 0.1) is 10.7 Å². The Labute approximate surface area is 127 Å². The van der Waals surface area contributed by atoms with Gasteiger partial charge in [0.2, 0.25) is 0 Å². The van der Waals surface area contributed by atoms with Gasteiger partial charge in [-0.1, -0.05) is 41.4 Å². The van der Waals surface area contributed by atoms with Crippen molar-refractivity contribution in [2.24, 2.45) is 0 Å². The minimum Gasteiger partial charge on any atom is -0.398 e. The second-order valence-electron chi connectivity index (χ2n) is 4.50. The second-order valence-corrected chi connectivity index (χ2v) is 5.34. The summed E-state index contributed by atoms with van der Waals surface area (Å²) in [5.41, 5.74) is 8.51. The Morgan fingerprint density at radius 2 is 1.60 bits per heavy atom. The van der Waals surface area contributed by atoms with E-state index in [9.17, 15) is 0 Å². The highest BCUT2D eigenvalue weighted by atomic mass is 35.5. The first kappa shape index (κ1) is 13.1. The van der Waals surface area contributed by atoms with Crippen molar-refractivity contribution in [1.82, 2.24) is 0 Å². The molecule has 0 heterocycles. The van der Waals surface area contributed by atoms with Crippen molar-refractivity contribution in [1.29, 1.82) is 0 Å². The Morgan fingerprint density at radius 3 is 2.40 bits per heavy atom. The molecule has 0 saturated carbocycles. The van der Waals surface area contributed by atoms with Crippen LogP contribution in [0.3, 0.4) is 0 Å². The summed E-state index contributed by atoms with van der Waals surface area (Å²) in [5, 5.41) is 6.60. The number of fused-ring (bicyclic) bond motifs is 1. The van der Waals surface area contributed by atoms with Gasteiger partial charge in [-0.3, -0.25) is 0 Å². The fraction of sp³-hybridized carbons (Fsp3) is 0. The maximum absolute atomic E-state index is 6.17. The number of rotatable bonds is 2. The average molecular weight is 303 g/mol. The quantitative estimate of drug-likeness (QED) is 0.616. The van der Waals surface area contributed by atoms with Crippen LogP contribution >= 0.6 is 23.2 Å². The molecule has 0 fully saturated rings. The van der Waals surface area contributed by atoms with Crippen molar-refractivity contribution < 1.29 is 0 Å². The zero-order chi connectivity index (χ0) is 14.1. The summed E-state index contributed by atoms with van der Waals surface area (Å²) >= 11 is 12.2. The molecular formula is C16H12Cl2N2. The molecule has 0 spiro atoms. The van der Waals surface area contributed by atoms with Crippen molar-refractivity contribution in [3.05, 3.63) is 64.6 Å². The Bertz CT molecular complexity index is 785. The van der Waals surface area contributed by atoms with E-state index in [1.807, 2.05) is 54.6 Å². The van der Waals surface area contributed by atoms with Gasteiger partial charge in [0.1, 0.15) is 0 Å². The van der Waals surface area contributed by atoms with E-state index in [2.05, 4.69) is 5.32 Å². The van der Waals surface area contributed by atoms with Crippen LogP contribution in [-0.4, -0.2) is 0 Å². The second kappa shape index (κ2) is 5.23. The molecule has 100 valence electrons. The normalized spacial score (nSPS) is 10.7. The minimum absolute atomic E-state index is 0.666. The van der Waals surface area contributed by atoms with Crippen LogP contribution in [0, 0.1) is 0 Å². The van der Waals surface area contributed by atoms with E-state index in [-0.39, 0.29) is 0 Å². The van der Waals surface area contributed by atoms with Crippen molar-refractivity contribution in [2.45, 2.75) is 0 Å². The molecule has 3 rings (SSSR count). The van der Waals surface area contributed by atoms with Crippen LogP contribution in [-0.2, 0) is 0 Å². The molecule has 0 aromatic heterocycles. The number of nitrogens with one attached hydrogen (secondary N) is 1. The zero-order valence-electron chi connectivity index (χ0n) is 10.5. The number of nitrogens with two attached hydrogens (primary N) is 1. The molecule has 0 radical (unpaired) electrons. The van der Waals surface area contributed by atoms with Crippen molar-refractivity contribution in [3.8, 4) is 0 Å². The summed E-state index contributed by atoms with van der Waals surface area (Å²) in [7, 11) is 0. The summed E-state index contributed by atoms with van der Waals surface area (Å²) in [4.78, 5) is 0. The average Bonchev–Trinajstić information content (AvgIpc) is 2.44. The maximum atomic E-state index is 6.17. The van der Waals surface area contributed by atoms with Gasteiger partial charge in [-0.15, -0.1) is 0 Å². The number of benzene rings is 3. The lowest BCUT2D eigenvalue weighted by Crippen LogP contribution is -1.94. The summed E-state index contributed by atoms with van der Waals surface area (Å²) in [6.07, 6.45) is 0. The monoisotopic (exact) mass is 302 g/mol. The Balaban J connectivity index is 2.13. The van der Waals surface area contributed by atoms with E-state index < -0.39 is 0 Å². The van der Waals surface area contributed by atoms with Crippen molar-refractivity contribution in [2.75, 3.05) is 11.1 Å². The van der Waals surface area contributed by atoms with Gasteiger partial charge in [-0.05, 0) is 36.4 Å². The van der Waals surface area contributed by atoms with Gasteiger partial charge >= 0.3 is 0 Å². The SMILES string of the molecule is Nc1ccc(Nc2ccccc2Cl)c2ccc(Cl)cc12. The van der Waals surface area contributed by atoms with Crippen LogP contribution in [0.4, 0.5) is 17.1 Å². The first-order chi connectivity index (χ1) is 9.65. The molecule has 2 nitrogen and oxygen atoms in total. The molecular weight excluding hydrogens is 291 g/mol. The molecule has 0 saturated heterocycles. The Hall–Kier alpha value is -1.90. The maximum Gasteiger partial charge on any atom is 0.0640 e. The third-order valence-electron chi connectivity index (χ3n) is 3.16. The van der Waals surface area contributed by atoms with Crippen LogP contribution in [0.2, 0.25) is 10.0 Å². The third-order valence-corrected chi connectivity index (χ3v) is 3.72. The molecule has 0 aliphatic rings. The number of hydrogen-bond acceptors (Lipinski definition) is 2. The number of nitrogen functional groups attached to an aromatic ring is 1. The molecule has 0 atom stereocenters.